The molecule has 1 saturated carbocycles. The second-order valence-corrected chi connectivity index (χ2v) is 8.31. The van der Waals surface area contributed by atoms with Crippen LogP contribution in [0.15, 0.2) is 0 Å². The summed E-state index contributed by atoms with van der Waals surface area (Å²) in [6.07, 6.45) is 10.4. The van der Waals surface area contributed by atoms with Crippen LogP contribution < -0.4 is 0 Å². The van der Waals surface area contributed by atoms with Crippen LogP contribution in [0.5, 0.6) is 0 Å². The van der Waals surface area contributed by atoms with Crippen molar-refractivity contribution >= 4 is 5.97 Å². The maximum atomic E-state index is 10.8. The fourth-order valence-electron chi connectivity index (χ4n) is 3.48. The van der Waals surface area contributed by atoms with E-state index in [0.29, 0.717) is 6.42 Å². The monoisotopic (exact) mass is 328 g/mol. The molecule has 1 fully saturated rings. The molecule has 0 aliphatic heterocycles. The van der Waals surface area contributed by atoms with E-state index < -0.39 is 5.97 Å². The molecule has 4 heteroatoms. The maximum Gasteiger partial charge on any atom is 0.303 e. The minimum Gasteiger partial charge on any atom is -0.481 e. The van der Waals surface area contributed by atoms with Gasteiger partial charge in [-0.15, -0.1) is 0 Å². The number of unbranched alkanes of at least 4 members (excludes halogenated alkanes) is 2. The number of aliphatic carboxylic acids is 1. The summed E-state index contributed by atoms with van der Waals surface area (Å²) in [5.74, 6) is -0.668. The van der Waals surface area contributed by atoms with Crippen LogP contribution in [-0.2, 0) is 9.53 Å². The summed E-state index contributed by atoms with van der Waals surface area (Å²) in [5, 5.41) is 19.0. The fourth-order valence-corrected chi connectivity index (χ4v) is 3.48. The highest BCUT2D eigenvalue weighted by Crippen LogP contribution is 2.52. The van der Waals surface area contributed by atoms with Crippen LogP contribution in [0.3, 0.4) is 0 Å². The SMILES string of the molecule is COCC(C)(C)CCCCC(O)CCCCC1(CC(=O)O)CC1. The number of aliphatic hydroxyl groups is 1. The van der Waals surface area contributed by atoms with Gasteiger partial charge in [0.15, 0.2) is 0 Å². The van der Waals surface area contributed by atoms with Gasteiger partial charge in [0, 0.05) is 7.11 Å². The van der Waals surface area contributed by atoms with Crippen LogP contribution in [-0.4, -0.2) is 36.0 Å². The highest BCUT2D eigenvalue weighted by Gasteiger charge is 2.43. The summed E-state index contributed by atoms with van der Waals surface area (Å²) in [6, 6.07) is 0. The number of carboxylic acid groups (broad SMARTS) is 1. The standard InChI is InChI=1S/C19H36O4/c1-18(2,15-23-3)10-6-4-8-16(20)9-5-7-11-19(12-13-19)14-17(21)22/h16,20H,4-15H2,1-3H3,(H,21,22). The highest BCUT2D eigenvalue weighted by atomic mass is 16.5. The summed E-state index contributed by atoms with van der Waals surface area (Å²) in [6.45, 7) is 5.23. The average molecular weight is 328 g/mol. The molecule has 0 spiro atoms. The Hall–Kier alpha value is -0.610. The zero-order valence-corrected chi connectivity index (χ0v) is 15.3. The lowest BCUT2D eigenvalue weighted by Gasteiger charge is -2.23. The van der Waals surface area contributed by atoms with Crippen LogP contribution in [0.1, 0.15) is 84.5 Å². The Labute approximate surface area is 141 Å². The third kappa shape index (κ3) is 9.31. The Bertz CT molecular complexity index is 347. The summed E-state index contributed by atoms with van der Waals surface area (Å²) in [4.78, 5) is 10.8. The molecule has 0 aromatic heterocycles. The molecule has 0 saturated heterocycles. The normalized spacial score (nSPS) is 17.9. The summed E-state index contributed by atoms with van der Waals surface area (Å²) in [7, 11) is 1.74. The first-order valence-electron chi connectivity index (χ1n) is 9.17. The van der Waals surface area contributed by atoms with E-state index >= 15 is 0 Å². The molecule has 1 unspecified atom stereocenters. The number of ether oxygens (including phenoxy) is 1. The Morgan fingerprint density at radius 3 is 2.30 bits per heavy atom. The summed E-state index contributed by atoms with van der Waals surface area (Å²) < 4.78 is 5.22. The molecule has 1 aliphatic rings. The minimum absolute atomic E-state index is 0.101. The van der Waals surface area contributed by atoms with Crippen molar-refractivity contribution in [2.45, 2.75) is 90.6 Å². The Morgan fingerprint density at radius 2 is 1.78 bits per heavy atom. The van der Waals surface area contributed by atoms with Gasteiger partial charge in [0.1, 0.15) is 0 Å². The number of hydrogen-bond donors (Lipinski definition) is 2. The topological polar surface area (TPSA) is 66.8 Å². The first kappa shape index (κ1) is 20.4. The molecule has 23 heavy (non-hydrogen) atoms. The molecule has 0 amide bonds. The molecule has 0 radical (unpaired) electrons. The van der Waals surface area contributed by atoms with Gasteiger partial charge in [-0.25, -0.2) is 0 Å². The Kier molecular flexibility index (Phi) is 8.56. The molecular formula is C19H36O4. The van der Waals surface area contributed by atoms with E-state index in [1.54, 1.807) is 7.11 Å². The van der Waals surface area contributed by atoms with Crippen LogP contribution in [0.2, 0.25) is 0 Å². The third-order valence-corrected chi connectivity index (χ3v) is 5.15. The van der Waals surface area contributed by atoms with E-state index in [-0.39, 0.29) is 16.9 Å². The van der Waals surface area contributed by atoms with Gasteiger partial charge >= 0.3 is 5.97 Å². The number of methoxy groups -OCH3 is 1. The van der Waals surface area contributed by atoms with Crippen LogP contribution in [0, 0.1) is 10.8 Å². The van der Waals surface area contributed by atoms with E-state index in [2.05, 4.69) is 13.8 Å². The van der Waals surface area contributed by atoms with Gasteiger partial charge < -0.3 is 14.9 Å². The van der Waals surface area contributed by atoms with E-state index in [1.165, 1.54) is 0 Å². The van der Waals surface area contributed by atoms with E-state index in [1.807, 2.05) is 0 Å². The first-order chi connectivity index (χ1) is 10.8. The summed E-state index contributed by atoms with van der Waals surface area (Å²) >= 11 is 0. The number of rotatable bonds is 14. The highest BCUT2D eigenvalue weighted by molar-refractivity contribution is 5.68. The molecule has 0 bridgehead atoms. The van der Waals surface area contributed by atoms with Crippen molar-refractivity contribution in [3.8, 4) is 0 Å². The van der Waals surface area contributed by atoms with Crippen molar-refractivity contribution < 1.29 is 19.7 Å². The second-order valence-electron chi connectivity index (χ2n) is 8.31. The largest absolute Gasteiger partial charge is 0.481 e. The fraction of sp³-hybridized carbons (Fsp3) is 0.947. The number of carboxylic acids is 1. The minimum atomic E-state index is -0.668. The number of carbonyl (C=O) groups is 1. The van der Waals surface area contributed by atoms with Crippen molar-refractivity contribution in [3.63, 3.8) is 0 Å². The quantitative estimate of drug-likeness (QED) is 0.464. The second kappa shape index (κ2) is 9.63. The molecule has 2 N–H and O–H groups in total. The maximum absolute atomic E-state index is 10.8. The lowest BCUT2D eigenvalue weighted by Crippen LogP contribution is -2.18. The first-order valence-corrected chi connectivity index (χ1v) is 9.17. The predicted molar refractivity (Wildman–Crippen MR) is 92.5 cm³/mol. The average Bonchev–Trinajstić information content (AvgIpc) is 3.19. The zero-order chi connectivity index (χ0) is 17.3. The molecule has 0 aromatic rings. The molecular weight excluding hydrogens is 292 g/mol. The van der Waals surface area contributed by atoms with E-state index in [9.17, 15) is 9.90 Å². The smallest absolute Gasteiger partial charge is 0.303 e. The summed E-state index contributed by atoms with van der Waals surface area (Å²) in [5.41, 5.74) is 0.326. The molecule has 1 aliphatic carbocycles. The van der Waals surface area contributed by atoms with Gasteiger partial charge in [-0.2, -0.15) is 0 Å². The molecule has 0 aromatic carbocycles. The van der Waals surface area contributed by atoms with Crippen LogP contribution in [0.25, 0.3) is 0 Å². The Morgan fingerprint density at radius 1 is 1.17 bits per heavy atom. The molecule has 0 heterocycles. The van der Waals surface area contributed by atoms with Crippen molar-refractivity contribution in [2.75, 3.05) is 13.7 Å². The predicted octanol–water partition coefficient (Wildman–Crippen LogP) is 4.40. The number of aliphatic hydroxyl groups excluding tert-OH is 1. The van der Waals surface area contributed by atoms with Crippen LogP contribution >= 0.6 is 0 Å². The lowest BCUT2D eigenvalue weighted by atomic mass is 9.87. The van der Waals surface area contributed by atoms with Crippen molar-refractivity contribution in [1.29, 1.82) is 0 Å². The van der Waals surface area contributed by atoms with Crippen molar-refractivity contribution in [1.82, 2.24) is 0 Å². The molecule has 1 rings (SSSR count). The van der Waals surface area contributed by atoms with Gasteiger partial charge in [-0.3, -0.25) is 4.79 Å². The molecule has 1 atom stereocenters. The van der Waals surface area contributed by atoms with Gasteiger partial charge in [0.25, 0.3) is 0 Å². The molecule has 4 nitrogen and oxygen atoms in total. The van der Waals surface area contributed by atoms with Gasteiger partial charge in [-0.1, -0.05) is 39.5 Å². The van der Waals surface area contributed by atoms with Gasteiger partial charge in [0.05, 0.1) is 19.1 Å². The zero-order valence-electron chi connectivity index (χ0n) is 15.3. The Balaban J connectivity index is 2.00. The van der Waals surface area contributed by atoms with E-state index in [4.69, 9.17) is 9.84 Å². The number of hydrogen-bond acceptors (Lipinski definition) is 3. The lowest BCUT2D eigenvalue weighted by molar-refractivity contribution is -0.138. The van der Waals surface area contributed by atoms with Crippen molar-refractivity contribution in [3.05, 3.63) is 0 Å². The van der Waals surface area contributed by atoms with Crippen LogP contribution in [0.4, 0.5) is 0 Å². The van der Waals surface area contributed by atoms with Gasteiger partial charge in [0.2, 0.25) is 0 Å². The molecule has 136 valence electrons. The van der Waals surface area contributed by atoms with E-state index in [0.717, 1.165) is 70.8 Å². The third-order valence-electron chi connectivity index (χ3n) is 5.15. The van der Waals surface area contributed by atoms with Crippen molar-refractivity contribution in [2.24, 2.45) is 10.8 Å². The van der Waals surface area contributed by atoms with Gasteiger partial charge in [-0.05, 0) is 49.4 Å².